The lowest BCUT2D eigenvalue weighted by Crippen LogP contribution is -3.13. The zero-order valence-corrected chi connectivity index (χ0v) is 16.3. The third-order valence-corrected chi connectivity index (χ3v) is 5.84. The summed E-state index contributed by atoms with van der Waals surface area (Å²) in [6, 6.07) is 18.6. The number of hydrogen-bond donors (Lipinski definition) is 1. The van der Waals surface area contributed by atoms with Gasteiger partial charge in [-0.1, -0.05) is 48.0 Å². The van der Waals surface area contributed by atoms with Crippen LogP contribution in [0.1, 0.15) is 37.3 Å². The number of hydrogen-bond acceptors (Lipinski definition) is 3. The van der Waals surface area contributed by atoms with Gasteiger partial charge in [0, 0.05) is 10.6 Å². The molecule has 0 spiro atoms. The summed E-state index contributed by atoms with van der Waals surface area (Å²) in [6.07, 6.45) is 3.66. The number of piperidine rings is 1. The molecule has 1 fully saturated rings. The van der Waals surface area contributed by atoms with Gasteiger partial charge in [0.1, 0.15) is 0 Å². The van der Waals surface area contributed by atoms with Gasteiger partial charge in [-0.2, -0.15) is 0 Å². The highest BCUT2D eigenvalue weighted by Crippen LogP contribution is 2.23. The molecule has 0 amide bonds. The van der Waals surface area contributed by atoms with Crippen molar-refractivity contribution in [2.45, 2.75) is 32.2 Å². The molecule has 3 aromatic rings. The van der Waals surface area contributed by atoms with Gasteiger partial charge in [0.15, 0.2) is 6.04 Å². The fraction of sp³-hybridized carbons (Fsp3) is 0.364. The first kappa shape index (κ1) is 18.2. The van der Waals surface area contributed by atoms with Crippen molar-refractivity contribution in [3.05, 3.63) is 71.1 Å². The number of benzene rings is 2. The van der Waals surface area contributed by atoms with Crippen LogP contribution in [0, 0.1) is 5.92 Å². The van der Waals surface area contributed by atoms with E-state index in [0.717, 1.165) is 24.6 Å². The average Bonchev–Trinajstić information content (AvgIpc) is 3.19. The standard InChI is InChI=1S/C22H24ClN3O/c1-16(21-24-25-22(27-21)19-8-5-9-20(23)15-19)26-12-10-18(11-13-26)14-17-6-3-2-4-7-17/h2-9,15-16,18H,10-14H2,1H3/p+1/t16-/m1/s1. The second kappa shape index (κ2) is 8.24. The predicted molar refractivity (Wildman–Crippen MR) is 107 cm³/mol. The lowest BCUT2D eigenvalue weighted by molar-refractivity contribution is -0.936. The second-order valence-corrected chi connectivity index (χ2v) is 7.91. The molecule has 1 aromatic heterocycles. The Balaban J connectivity index is 1.36. The molecule has 1 atom stereocenters. The van der Waals surface area contributed by atoms with Crippen LogP contribution < -0.4 is 4.90 Å². The number of quaternary nitrogens is 1. The van der Waals surface area contributed by atoms with E-state index in [9.17, 15) is 0 Å². The third-order valence-electron chi connectivity index (χ3n) is 5.61. The first-order chi connectivity index (χ1) is 13.2. The topological polar surface area (TPSA) is 43.4 Å². The summed E-state index contributed by atoms with van der Waals surface area (Å²) in [7, 11) is 0. The molecule has 4 nitrogen and oxygen atoms in total. The van der Waals surface area contributed by atoms with Crippen molar-refractivity contribution < 1.29 is 9.32 Å². The van der Waals surface area contributed by atoms with E-state index in [1.165, 1.54) is 29.7 Å². The molecule has 2 heterocycles. The molecular formula is C22H25ClN3O+. The maximum atomic E-state index is 6.06. The van der Waals surface area contributed by atoms with Crippen LogP contribution in [0.2, 0.25) is 5.02 Å². The highest BCUT2D eigenvalue weighted by Gasteiger charge is 2.30. The number of halogens is 1. The minimum absolute atomic E-state index is 0.211. The summed E-state index contributed by atoms with van der Waals surface area (Å²) in [6.45, 7) is 4.48. The van der Waals surface area contributed by atoms with Crippen molar-refractivity contribution in [2.24, 2.45) is 5.92 Å². The van der Waals surface area contributed by atoms with E-state index in [-0.39, 0.29) is 6.04 Å². The van der Waals surface area contributed by atoms with Crippen molar-refractivity contribution in [3.8, 4) is 11.5 Å². The van der Waals surface area contributed by atoms with E-state index in [0.29, 0.717) is 16.8 Å². The number of aromatic nitrogens is 2. The normalized spacial score (nSPS) is 21.1. The molecule has 0 bridgehead atoms. The molecule has 4 rings (SSSR count). The zero-order chi connectivity index (χ0) is 18.6. The van der Waals surface area contributed by atoms with Crippen LogP contribution in [0.3, 0.4) is 0 Å². The molecule has 1 aliphatic heterocycles. The van der Waals surface area contributed by atoms with E-state index < -0.39 is 0 Å². The van der Waals surface area contributed by atoms with Crippen molar-refractivity contribution in [3.63, 3.8) is 0 Å². The maximum Gasteiger partial charge on any atom is 0.274 e. The monoisotopic (exact) mass is 382 g/mol. The first-order valence-electron chi connectivity index (χ1n) is 9.67. The number of nitrogens with one attached hydrogen (secondary N) is 1. The molecule has 1 saturated heterocycles. The van der Waals surface area contributed by atoms with Crippen LogP contribution in [-0.4, -0.2) is 23.3 Å². The first-order valence-corrected chi connectivity index (χ1v) is 10.0. The number of rotatable bonds is 5. The molecule has 5 heteroatoms. The maximum absolute atomic E-state index is 6.06. The van der Waals surface area contributed by atoms with Crippen molar-refractivity contribution >= 4 is 11.6 Å². The Morgan fingerprint density at radius 2 is 1.85 bits per heavy atom. The minimum Gasteiger partial charge on any atom is -0.415 e. The Morgan fingerprint density at radius 1 is 1.07 bits per heavy atom. The summed E-state index contributed by atoms with van der Waals surface area (Å²) in [5.41, 5.74) is 2.31. The molecule has 0 radical (unpaired) electrons. The SMILES string of the molecule is C[C@H](c1nnc(-c2cccc(Cl)c2)o1)[NH+]1CCC(Cc2ccccc2)CC1. The largest absolute Gasteiger partial charge is 0.415 e. The van der Waals surface area contributed by atoms with Crippen LogP contribution in [0.4, 0.5) is 0 Å². The van der Waals surface area contributed by atoms with Gasteiger partial charge in [-0.05, 0) is 55.9 Å². The van der Waals surface area contributed by atoms with Gasteiger partial charge in [-0.15, -0.1) is 10.2 Å². The zero-order valence-electron chi connectivity index (χ0n) is 15.6. The molecule has 27 heavy (non-hydrogen) atoms. The van der Waals surface area contributed by atoms with Gasteiger partial charge < -0.3 is 9.32 Å². The van der Waals surface area contributed by atoms with Gasteiger partial charge in [-0.3, -0.25) is 0 Å². The van der Waals surface area contributed by atoms with Gasteiger partial charge in [0.25, 0.3) is 5.89 Å². The Bertz CT molecular complexity index is 872. The van der Waals surface area contributed by atoms with E-state index >= 15 is 0 Å². The van der Waals surface area contributed by atoms with E-state index in [1.54, 1.807) is 0 Å². The second-order valence-electron chi connectivity index (χ2n) is 7.47. The Morgan fingerprint density at radius 3 is 2.59 bits per heavy atom. The summed E-state index contributed by atoms with van der Waals surface area (Å²) in [5.74, 6) is 2.02. The highest BCUT2D eigenvalue weighted by molar-refractivity contribution is 6.30. The molecule has 140 valence electrons. The van der Waals surface area contributed by atoms with Crippen molar-refractivity contribution in [2.75, 3.05) is 13.1 Å². The third kappa shape index (κ3) is 4.40. The smallest absolute Gasteiger partial charge is 0.274 e. The van der Waals surface area contributed by atoms with Crippen molar-refractivity contribution in [1.29, 1.82) is 0 Å². The molecule has 0 saturated carbocycles. The molecule has 2 aromatic carbocycles. The minimum atomic E-state index is 0.211. The van der Waals surface area contributed by atoms with E-state index in [1.807, 2.05) is 24.3 Å². The quantitative estimate of drug-likeness (QED) is 0.725. The molecule has 1 N–H and O–H groups in total. The Kier molecular flexibility index (Phi) is 5.55. The van der Waals surface area contributed by atoms with E-state index in [4.69, 9.17) is 16.0 Å². The number of likely N-dealkylation sites (tertiary alicyclic amines) is 1. The van der Waals surface area contributed by atoms with Crippen LogP contribution in [0.25, 0.3) is 11.5 Å². The average molecular weight is 383 g/mol. The van der Waals surface area contributed by atoms with Gasteiger partial charge in [0.05, 0.1) is 13.1 Å². The van der Waals surface area contributed by atoms with Crippen LogP contribution in [0.15, 0.2) is 59.0 Å². The molecule has 0 aliphatic carbocycles. The summed E-state index contributed by atoms with van der Waals surface area (Å²) < 4.78 is 5.96. The summed E-state index contributed by atoms with van der Waals surface area (Å²) >= 11 is 6.06. The molecular weight excluding hydrogens is 358 g/mol. The fourth-order valence-corrected chi connectivity index (χ4v) is 4.15. The van der Waals surface area contributed by atoms with Crippen LogP contribution >= 0.6 is 11.6 Å². The Labute approximate surface area is 165 Å². The van der Waals surface area contributed by atoms with Gasteiger partial charge in [-0.25, -0.2) is 0 Å². The lowest BCUT2D eigenvalue weighted by atomic mass is 9.89. The lowest BCUT2D eigenvalue weighted by Gasteiger charge is -2.31. The van der Waals surface area contributed by atoms with E-state index in [2.05, 4.69) is 47.5 Å². The van der Waals surface area contributed by atoms with Crippen LogP contribution in [0.5, 0.6) is 0 Å². The number of nitrogens with zero attached hydrogens (tertiary/aromatic N) is 2. The van der Waals surface area contributed by atoms with Gasteiger partial charge >= 0.3 is 0 Å². The predicted octanol–water partition coefficient (Wildman–Crippen LogP) is 3.99. The molecule has 0 unspecified atom stereocenters. The fourth-order valence-electron chi connectivity index (χ4n) is 3.96. The Hall–Kier alpha value is -2.17. The van der Waals surface area contributed by atoms with Gasteiger partial charge in [0.2, 0.25) is 5.89 Å². The highest BCUT2D eigenvalue weighted by atomic mass is 35.5. The summed E-state index contributed by atoms with van der Waals surface area (Å²) in [4.78, 5) is 1.53. The van der Waals surface area contributed by atoms with Crippen LogP contribution in [-0.2, 0) is 6.42 Å². The molecule has 1 aliphatic rings. The van der Waals surface area contributed by atoms with Crippen molar-refractivity contribution in [1.82, 2.24) is 10.2 Å². The summed E-state index contributed by atoms with van der Waals surface area (Å²) in [5, 5.41) is 9.20.